The number of hydrogen-bond donors (Lipinski definition) is 1. The second-order valence-corrected chi connectivity index (χ2v) is 20.5. The average molecular weight is 613 g/mol. The third kappa shape index (κ3) is 8.22. The number of methoxy groups -OCH3 is 1. The highest BCUT2D eigenvalue weighted by atomic mass is 28.4. The van der Waals surface area contributed by atoms with Crippen LogP contribution in [-0.4, -0.2) is 60.6 Å². The smallest absolute Gasteiger partial charge is 0.305 e. The summed E-state index contributed by atoms with van der Waals surface area (Å²) < 4.78 is 18.1. The molecule has 1 saturated carbocycles. The topological polar surface area (TPSA) is 82.1 Å². The molecule has 1 fully saturated rings. The van der Waals surface area contributed by atoms with Crippen molar-refractivity contribution in [3.63, 3.8) is 0 Å². The molecule has 1 aliphatic carbocycles. The van der Waals surface area contributed by atoms with Crippen LogP contribution in [0.5, 0.6) is 0 Å². The molecule has 5 unspecified atom stereocenters. The van der Waals surface area contributed by atoms with Crippen molar-refractivity contribution in [2.24, 2.45) is 16.2 Å². The van der Waals surface area contributed by atoms with E-state index in [1.54, 1.807) is 0 Å². The van der Waals surface area contributed by atoms with E-state index in [-0.39, 0.29) is 28.3 Å². The summed E-state index contributed by atoms with van der Waals surface area (Å²) in [6.45, 7) is 24.5. The Labute approximate surface area is 256 Å². The summed E-state index contributed by atoms with van der Waals surface area (Å²) in [7, 11) is -0.314. The molecule has 1 rings (SSSR count). The Kier molecular flexibility index (Phi) is 13.8. The van der Waals surface area contributed by atoms with E-state index in [1.165, 1.54) is 7.11 Å². The van der Waals surface area contributed by atoms with Gasteiger partial charge < -0.3 is 18.7 Å². The van der Waals surface area contributed by atoms with Crippen molar-refractivity contribution < 1.29 is 28.3 Å². The Morgan fingerprint density at radius 1 is 1.05 bits per heavy atom. The van der Waals surface area contributed by atoms with Gasteiger partial charge in [0.25, 0.3) is 0 Å². The molecule has 0 heterocycles. The molecular formula is C33H64O6Si2. The van der Waals surface area contributed by atoms with E-state index in [4.69, 9.17) is 13.6 Å². The van der Waals surface area contributed by atoms with Crippen LogP contribution in [0.3, 0.4) is 0 Å². The summed E-state index contributed by atoms with van der Waals surface area (Å²) in [6.07, 6.45) is 11.1. The summed E-state index contributed by atoms with van der Waals surface area (Å²) in [5, 5.41) is 11.9. The molecule has 0 amide bonds. The number of ether oxygens (including phenoxy) is 1. The molecule has 5 atom stereocenters. The minimum absolute atomic E-state index is 0.00742. The predicted octanol–water partition coefficient (Wildman–Crippen LogP) is 7.07. The largest absolute Gasteiger partial charge is 0.469 e. The number of Topliss-reactive ketones (excluding diaryl/α,β-unsaturated/α-hetero) is 1. The number of hydrogen-bond acceptors (Lipinski definition) is 6. The van der Waals surface area contributed by atoms with Gasteiger partial charge in [-0.1, -0.05) is 107 Å². The van der Waals surface area contributed by atoms with Gasteiger partial charge in [0.15, 0.2) is 14.1 Å². The van der Waals surface area contributed by atoms with E-state index in [2.05, 4.69) is 87.6 Å². The number of unbranched alkanes of at least 4 members (excludes halogenated alkanes) is 4. The molecule has 0 saturated heterocycles. The molecule has 1 N–H and O–H groups in total. The Balaban J connectivity index is 3.54. The van der Waals surface area contributed by atoms with E-state index in [0.717, 1.165) is 32.1 Å². The minimum atomic E-state index is -2.04. The van der Waals surface area contributed by atoms with Crippen LogP contribution in [0.1, 0.15) is 127 Å². The second kappa shape index (κ2) is 14.8. The molecule has 6 nitrogen and oxygen atoms in total. The highest BCUT2D eigenvalue weighted by molar-refractivity contribution is 6.74. The van der Waals surface area contributed by atoms with Gasteiger partial charge in [-0.3, -0.25) is 9.59 Å². The van der Waals surface area contributed by atoms with E-state index < -0.39 is 30.9 Å². The lowest BCUT2D eigenvalue weighted by molar-refractivity contribution is -0.161. The minimum Gasteiger partial charge on any atom is -0.469 e. The first-order chi connectivity index (χ1) is 18.7. The first kappa shape index (κ1) is 38.2. The fourth-order valence-corrected chi connectivity index (χ4v) is 8.65. The lowest BCUT2D eigenvalue weighted by atomic mass is 9.52. The first-order valence-electron chi connectivity index (χ1n) is 15.9. The monoisotopic (exact) mass is 612 g/mol. The number of aliphatic hydroxyl groups excluding tert-OH is 1. The molecule has 0 aromatic rings. The van der Waals surface area contributed by atoms with Crippen LogP contribution < -0.4 is 0 Å². The van der Waals surface area contributed by atoms with Crippen LogP contribution in [0, 0.1) is 16.2 Å². The van der Waals surface area contributed by atoms with Crippen LogP contribution >= 0.6 is 0 Å². The van der Waals surface area contributed by atoms with Crippen molar-refractivity contribution in [2.75, 3.05) is 7.11 Å². The van der Waals surface area contributed by atoms with Gasteiger partial charge in [0.05, 0.1) is 19.3 Å². The van der Waals surface area contributed by atoms with Crippen molar-refractivity contribution in [1.82, 2.24) is 0 Å². The molecule has 0 radical (unpaired) electrons. The van der Waals surface area contributed by atoms with Crippen molar-refractivity contribution in [3.05, 3.63) is 12.2 Å². The van der Waals surface area contributed by atoms with Gasteiger partial charge in [-0.2, -0.15) is 0 Å². The highest BCUT2D eigenvalue weighted by Gasteiger charge is 2.72. The normalized spacial score (nSPS) is 27.5. The third-order valence-electron chi connectivity index (χ3n) is 10.9. The number of rotatable bonds is 16. The van der Waals surface area contributed by atoms with Crippen molar-refractivity contribution in [1.29, 1.82) is 0 Å². The number of esters is 1. The lowest BCUT2D eigenvalue weighted by Gasteiger charge is -2.55. The maximum Gasteiger partial charge on any atom is 0.305 e. The Morgan fingerprint density at radius 2 is 1.63 bits per heavy atom. The van der Waals surface area contributed by atoms with Crippen LogP contribution in [0.25, 0.3) is 0 Å². The lowest BCUT2D eigenvalue weighted by Crippen LogP contribution is -2.61. The molecule has 41 heavy (non-hydrogen) atoms. The van der Waals surface area contributed by atoms with Crippen LogP contribution in [0.2, 0.25) is 18.1 Å². The molecule has 0 aromatic heterocycles. The number of aliphatic hydroxyl groups is 1. The zero-order valence-corrected chi connectivity index (χ0v) is 31.9. The van der Waals surface area contributed by atoms with Gasteiger partial charge in [0, 0.05) is 18.3 Å². The second-order valence-electron chi connectivity index (χ2n) is 15.3. The van der Waals surface area contributed by atoms with E-state index in [9.17, 15) is 14.7 Å². The average Bonchev–Trinajstić information content (AvgIpc) is 3.04. The molecule has 0 aliphatic heterocycles. The summed E-state index contributed by atoms with van der Waals surface area (Å²) in [4.78, 5) is 25.6. The van der Waals surface area contributed by atoms with Crippen LogP contribution in [-0.2, 0) is 23.2 Å². The van der Waals surface area contributed by atoms with Crippen molar-refractivity contribution in [3.8, 4) is 0 Å². The maximum atomic E-state index is 14.1. The SMILES string of the molecule is CCCCCC(C=CC1(C)C(O[SiH3])(C(O)CCCCCC(=O)OC)C(=O)CC1(C)C(C)(C)C)O[Si](C)(C)C(C)(C)C. The van der Waals surface area contributed by atoms with E-state index in [1.807, 2.05) is 0 Å². The summed E-state index contributed by atoms with van der Waals surface area (Å²) >= 11 is 0. The molecular weight excluding hydrogens is 549 g/mol. The summed E-state index contributed by atoms with van der Waals surface area (Å²) in [5.41, 5.74) is -2.73. The van der Waals surface area contributed by atoms with Crippen molar-refractivity contribution in [2.45, 2.75) is 162 Å². The zero-order chi connectivity index (χ0) is 31.9. The first-order valence-corrected chi connectivity index (χ1v) is 19.6. The van der Waals surface area contributed by atoms with Gasteiger partial charge in [-0.15, -0.1) is 0 Å². The third-order valence-corrected chi connectivity index (χ3v) is 16.0. The van der Waals surface area contributed by atoms with Crippen LogP contribution in [0.4, 0.5) is 0 Å². The summed E-state index contributed by atoms with van der Waals surface area (Å²) in [5.74, 6) is -0.227. The Bertz CT molecular complexity index is 889. The van der Waals surface area contributed by atoms with Gasteiger partial charge >= 0.3 is 5.97 Å². The number of ketones is 1. The highest BCUT2D eigenvalue weighted by Crippen LogP contribution is 2.66. The van der Waals surface area contributed by atoms with Gasteiger partial charge in [-0.05, 0) is 48.2 Å². The molecule has 0 aromatic carbocycles. The van der Waals surface area contributed by atoms with Gasteiger partial charge in [0.1, 0.15) is 16.1 Å². The fourth-order valence-electron chi connectivity index (χ4n) is 6.42. The number of carbonyl (C=O) groups is 2. The van der Waals surface area contributed by atoms with Crippen molar-refractivity contribution >= 4 is 30.6 Å². The van der Waals surface area contributed by atoms with Gasteiger partial charge in [-0.25, -0.2) is 0 Å². The maximum absolute atomic E-state index is 14.1. The van der Waals surface area contributed by atoms with E-state index in [0.29, 0.717) is 42.6 Å². The predicted molar refractivity (Wildman–Crippen MR) is 176 cm³/mol. The fraction of sp³-hybridized carbons (Fsp3) is 0.879. The Morgan fingerprint density at radius 3 is 2.12 bits per heavy atom. The Hall–Kier alpha value is -0.806. The number of carbonyl (C=O) groups excluding carboxylic acids is 2. The molecule has 240 valence electrons. The molecule has 1 aliphatic rings. The zero-order valence-electron chi connectivity index (χ0n) is 28.9. The quantitative estimate of drug-likeness (QED) is 0.0869. The molecule has 0 bridgehead atoms. The van der Waals surface area contributed by atoms with Crippen LogP contribution in [0.15, 0.2) is 12.2 Å². The molecule has 8 heteroatoms. The standard InChI is InChI=1S/C33H64O6Si2/c1-13-14-16-19-25(38-41(11,12)30(5,6)7)22-23-31(8)32(9,29(2,3)4)24-27(35)33(31,39-40)26(34)20-17-15-18-21-28(36)37-10/h22-23,25-26,34H,13-21,24H2,1-12,40H3. The molecule has 0 spiro atoms. The summed E-state index contributed by atoms with van der Waals surface area (Å²) in [6, 6.07) is 0. The van der Waals surface area contributed by atoms with Gasteiger partial charge in [0.2, 0.25) is 0 Å². The van der Waals surface area contributed by atoms with E-state index >= 15 is 0 Å².